The molecule has 2 aromatic rings. The fourth-order valence-electron chi connectivity index (χ4n) is 2.03. The van der Waals surface area contributed by atoms with Crippen molar-refractivity contribution in [1.82, 2.24) is 4.90 Å². The lowest BCUT2D eigenvalue weighted by Crippen LogP contribution is -2.41. The zero-order valence-electron chi connectivity index (χ0n) is 13.6. The monoisotopic (exact) mass is 350 g/mol. The molecule has 0 bridgehead atoms. The van der Waals surface area contributed by atoms with Gasteiger partial charge in [0.25, 0.3) is 0 Å². The molecule has 1 unspecified atom stereocenters. The van der Waals surface area contributed by atoms with Crippen LogP contribution in [0.3, 0.4) is 0 Å². The molecule has 0 saturated carbocycles. The van der Waals surface area contributed by atoms with Crippen molar-refractivity contribution in [1.29, 1.82) is 0 Å². The number of para-hydroxylation sites is 1. The lowest BCUT2D eigenvalue weighted by molar-refractivity contribution is -0.120. The molecule has 0 aliphatic rings. The summed E-state index contributed by atoms with van der Waals surface area (Å²) < 4.78 is 18.4. The molecule has 0 aliphatic heterocycles. The quantitative estimate of drug-likeness (QED) is 0.825. The summed E-state index contributed by atoms with van der Waals surface area (Å²) in [5, 5.41) is 3.31. The molecule has 0 aliphatic carbocycles. The Morgan fingerprint density at radius 2 is 1.92 bits per heavy atom. The first-order valence-corrected chi connectivity index (χ1v) is 7.99. The topological polar surface area (TPSA) is 41.6 Å². The minimum atomic E-state index is -0.349. The van der Waals surface area contributed by atoms with Crippen LogP contribution in [-0.4, -0.2) is 37.0 Å². The van der Waals surface area contributed by atoms with Crippen LogP contribution < -0.4 is 10.1 Å². The van der Waals surface area contributed by atoms with E-state index in [0.717, 1.165) is 0 Å². The van der Waals surface area contributed by atoms with Crippen molar-refractivity contribution in [2.24, 2.45) is 0 Å². The van der Waals surface area contributed by atoms with Gasteiger partial charge in [-0.3, -0.25) is 9.69 Å². The van der Waals surface area contributed by atoms with E-state index in [9.17, 15) is 9.18 Å². The van der Waals surface area contributed by atoms with E-state index in [2.05, 4.69) is 5.32 Å². The van der Waals surface area contributed by atoms with Gasteiger partial charge >= 0.3 is 0 Å². The summed E-state index contributed by atoms with van der Waals surface area (Å²) in [6.07, 6.45) is 0. The van der Waals surface area contributed by atoms with Crippen molar-refractivity contribution in [3.8, 4) is 5.75 Å². The molecule has 1 atom stereocenters. The van der Waals surface area contributed by atoms with E-state index in [0.29, 0.717) is 29.6 Å². The third kappa shape index (κ3) is 5.22. The number of benzene rings is 2. The molecule has 6 heteroatoms. The van der Waals surface area contributed by atoms with Gasteiger partial charge in [-0.05, 0) is 50.4 Å². The predicted octanol–water partition coefficient (Wildman–Crippen LogP) is 3.82. The number of amides is 1. The Kier molecular flexibility index (Phi) is 6.58. The Hall–Kier alpha value is -2.11. The Morgan fingerprint density at radius 3 is 2.58 bits per heavy atom. The minimum absolute atomic E-state index is 0.146. The third-order valence-corrected chi connectivity index (χ3v) is 4.03. The van der Waals surface area contributed by atoms with E-state index in [1.807, 2.05) is 24.9 Å². The van der Waals surface area contributed by atoms with E-state index < -0.39 is 0 Å². The van der Waals surface area contributed by atoms with Crippen molar-refractivity contribution >= 4 is 23.2 Å². The summed E-state index contributed by atoms with van der Waals surface area (Å²) in [5.41, 5.74) is 0.590. The highest BCUT2D eigenvalue weighted by Gasteiger charge is 2.18. The van der Waals surface area contributed by atoms with Crippen LogP contribution in [-0.2, 0) is 4.79 Å². The maximum atomic E-state index is 12.8. The lowest BCUT2D eigenvalue weighted by atomic mass is 10.2. The molecule has 0 fully saturated rings. The number of carbonyl (C=O) groups excluding carboxylic acids is 1. The average molecular weight is 351 g/mol. The molecule has 24 heavy (non-hydrogen) atoms. The van der Waals surface area contributed by atoms with Gasteiger partial charge in [-0.2, -0.15) is 0 Å². The number of halogens is 2. The van der Waals surface area contributed by atoms with Crippen molar-refractivity contribution in [3.63, 3.8) is 0 Å². The zero-order valence-corrected chi connectivity index (χ0v) is 14.4. The minimum Gasteiger partial charge on any atom is -0.492 e. The van der Waals surface area contributed by atoms with Crippen LogP contribution in [0, 0.1) is 5.82 Å². The molecule has 4 nitrogen and oxygen atoms in total. The number of nitrogens with one attached hydrogen (secondary N) is 1. The van der Waals surface area contributed by atoms with Crippen LogP contribution in [0.2, 0.25) is 5.02 Å². The Labute approximate surface area is 146 Å². The number of hydrogen-bond donors (Lipinski definition) is 1. The Morgan fingerprint density at radius 1 is 1.25 bits per heavy atom. The number of ether oxygens (including phenoxy) is 1. The van der Waals surface area contributed by atoms with E-state index in [-0.39, 0.29) is 17.8 Å². The highest BCUT2D eigenvalue weighted by molar-refractivity contribution is 6.33. The van der Waals surface area contributed by atoms with E-state index in [4.69, 9.17) is 16.3 Å². The smallest absolute Gasteiger partial charge is 0.241 e. The van der Waals surface area contributed by atoms with E-state index in [1.165, 1.54) is 12.1 Å². The zero-order chi connectivity index (χ0) is 17.5. The second kappa shape index (κ2) is 8.66. The van der Waals surface area contributed by atoms with Gasteiger partial charge in [0.1, 0.15) is 18.2 Å². The first-order valence-electron chi connectivity index (χ1n) is 7.61. The van der Waals surface area contributed by atoms with Gasteiger partial charge < -0.3 is 10.1 Å². The Balaban J connectivity index is 1.80. The number of anilines is 1. The van der Waals surface area contributed by atoms with Crippen LogP contribution in [0.25, 0.3) is 0 Å². The summed E-state index contributed by atoms with van der Waals surface area (Å²) >= 11 is 6.04. The molecule has 1 N–H and O–H groups in total. The van der Waals surface area contributed by atoms with Crippen molar-refractivity contribution < 1.29 is 13.9 Å². The molecule has 0 heterocycles. The predicted molar refractivity (Wildman–Crippen MR) is 94.1 cm³/mol. The average Bonchev–Trinajstić information content (AvgIpc) is 2.58. The molecule has 1 amide bonds. The van der Waals surface area contributed by atoms with Gasteiger partial charge in [-0.25, -0.2) is 4.39 Å². The third-order valence-electron chi connectivity index (χ3n) is 3.70. The molecule has 0 aromatic heterocycles. The van der Waals surface area contributed by atoms with Crippen LogP contribution in [0.5, 0.6) is 5.75 Å². The highest BCUT2D eigenvalue weighted by Crippen LogP contribution is 2.20. The van der Waals surface area contributed by atoms with Crippen LogP contribution in [0.15, 0.2) is 48.5 Å². The first kappa shape index (κ1) is 18.2. The maximum absolute atomic E-state index is 12.8. The van der Waals surface area contributed by atoms with Gasteiger partial charge in [0, 0.05) is 6.54 Å². The van der Waals surface area contributed by atoms with Crippen LogP contribution in [0.4, 0.5) is 10.1 Å². The maximum Gasteiger partial charge on any atom is 0.241 e. The van der Waals surface area contributed by atoms with Crippen molar-refractivity contribution in [3.05, 3.63) is 59.4 Å². The standard InChI is InChI=1S/C18H20ClFN2O2/c1-13(18(23)21-17-6-4-3-5-16(17)19)22(2)11-12-24-15-9-7-14(20)8-10-15/h3-10,13H,11-12H2,1-2H3,(H,21,23). The van der Waals surface area contributed by atoms with Gasteiger partial charge in [0.05, 0.1) is 16.8 Å². The summed E-state index contributed by atoms with van der Waals surface area (Å²) in [7, 11) is 1.84. The summed E-state index contributed by atoms with van der Waals surface area (Å²) in [6, 6.07) is 12.6. The van der Waals surface area contributed by atoms with E-state index >= 15 is 0 Å². The first-order chi connectivity index (χ1) is 11.5. The number of nitrogens with zero attached hydrogens (tertiary/aromatic N) is 1. The fourth-order valence-corrected chi connectivity index (χ4v) is 2.21. The number of hydrogen-bond acceptors (Lipinski definition) is 3. The molecule has 2 rings (SSSR count). The van der Waals surface area contributed by atoms with Crippen molar-refractivity contribution in [2.75, 3.05) is 25.5 Å². The molecular formula is C18H20ClFN2O2. The molecule has 0 radical (unpaired) electrons. The SMILES string of the molecule is CC(C(=O)Nc1ccccc1Cl)N(C)CCOc1ccc(F)cc1. The number of carbonyl (C=O) groups is 1. The largest absolute Gasteiger partial charge is 0.492 e. The fraction of sp³-hybridized carbons (Fsp3) is 0.278. The van der Waals surface area contributed by atoms with E-state index in [1.54, 1.807) is 30.3 Å². The van der Waals surface area contributed by atoms with Gasteiger partial charge in [0.15, 0.2) is 0 Å². The summed E-state index contributed by atoms with van der Waals surface area (Å²) in [6.45, 7) is 2.75. The second-order valence-corrected chi connectivity index (χ2v) is 5.84. The van der Waals surface area contributed by atoms with Gasteiger partial charge in [-0.1, -0.05) is 23.7 Å². The molecule has 0 spiro atoms. The summed E-state index contributed by atoms with van der Waals surface area (Å²) in [4.78, 5) is 14.2. The highest BCUT2D eigenvalue weighted by atomic mass is 35.5. The second-order valence-electron chi connectivity index (χ2n) is 5.43. The van der Waals surface area contributed by atoms with Gasteiger partial charge in [-0.15, -0.1) is 0 Å². The molecule has 128 valence electrons. The van der Waals surface area contributed by atoms with Crippen molar-refractivity contribution in [2.45, 2.75) is 13.0 Å². The summed E-state index contributed by atoms with van der Waals surface area (Å²) in [5.74, 6) is 0.148. The normalized spacial score (nSPS) is 12.0. The van der Waals surface area contributed by atoms with Crippen LogP contribution >= 0.6 is 11.6 Å². The Bertz CT molecular complexity index is 679. The molecule has 2 aromatic carbocycles. The number of rotatable bonds is 7. The van der Waals surface area contributed by atoms with Gasteiger partial charge in [0.2, 0.25) is 5.91 Å². The number of likely N-dealkylation sites (N-methyl/N-ethyl adjacent to an activating group) is 1. The van der Waals surface area contributed by atoms with Crippen LogP contribution in [0.1, 0.15) is 6.92 Å². The molecule has 0 saturated heterocycles. The molecular weight excluding hydrogens is 331 g/mol. The lowest BCUT2D eigenvalue weighted by Gasteiger charge is -2.24.